The lowest BCUT2D eigenvalue weighted by molar-refractivity contribution is -0.119. The van der Waals surface area contributed by atoms with Gasteiger partial charge in [-0.2, -0.15) is 9.57 Å². The minimum atomic E-state index is -3.61. The molecular formula is C22H24N4O4S2. The standard InChI is InChI=1S/C22H24N4O4S2/c1-3-25(4-2)32(29,30)19-11-7-17(8-12-19)22(28)26-15-31-14-20(26)21(27)24-18-9-5-16(13-23)6-10-18/h5-12,20H,3-4,14-15H2,1-2H3,(H,24,27). The molecule has 1 unspecified atom stereocenters. The third kappa shape index (κ3) is 4.96. The highest BCUT2D eigenvalue weighted by molar-refractivity contribution is 7.99. The van der Waals surface area contributed by atoms with E-state index in [9.17, 15) is 18.0 Å². The molecule has 1 aliphatic rings. The van der Waals surface area contributed by atoms with E-state index < -0.39 is 16.1 Å². The molecule has 0 radical (unpaired) electrons. The van der Waals surface area contributed by atoms with Gasteiger partial charge in [0.05, 0.1) is 22.4 Å². The van der Waals surface area contributed by atoms with Crippen LogP contribution in [0.3, 0.4) is 0 Å². The molecule has 1 saturated heterocycles. The Labute approximate surface area is 192 Å². The molecular weight excluding hydrogens is 448 g/mol. The molecule has 2 aromatic carbocycles. The number of hydrogen-bond acceptors (Lipinski definition) is 6. The first-order chi connectivity index (χ1) is 15.3. The lowest BCUT2D eigenvalue weighted by Crippen LogP contribution is -2.44. The third-order valence-corrected chi connectivity index (χ3v) is 8.25. The van der Waals surface area contributed by atoms with Crippen LogP contribution in [0, 0.1) is 11.3 Å². The van der Waals surface area contributed by atoms with Gasteiger partial charge < -0.3 is 10.2 Å². The quantitative estimate of drug-likeness (QED) is 0.663. The molecule has 1 aliphatic heterocycles. The fourth-order valence-electron chi connectivity index (χ4n) is 3.36. The van der Waals surface area contributed by atoms with Crippen LogP contribution < -0.4 is 5.32 Å². The molecule has 8 nitrogen and oxygen atoms in total. The summed E-state index contributed by atoms with van der Waals surface area (Å²) >= 11 is 1.47. The van der Waals surface area contributed by atoms with E-state index in [2.05, 4.69) is 5.32 Å². The number of hydrogen-bond donors (Lipinski definition) is 1. The molecule has 1 heterocycles. The minimum Gasteiger partial charge on any atom is -0.324 e. The van der Waals surface area contributed by atoms with Gasteiger partial charge in [-0.25, -0.2) is 8.42 Å². The van der Waals surface area contributed by atoms with Gasteiger partial charge in [0, 0.05) is 30.1 Å². The number of benzene rings is 2. The van der Waals surface area contributed by atoms with E-state index in [-0.39, 0.29) is 16.7 Å². The average molecular weight is 473 g/mol. The molecule has 0 saturated carbocycles. The van der Waals surface area contributed by atoms with Crippen molar-refractivity contribution < 1.29 is 18.0 Å². The van der Waals surface area contributed by atoms with E-state index in [0.717, 1.165) is 0 Å². The Balaban J connectivity index is 1.73. The average Bonchev–Trinajstić information content (AvgIpc) is 3.30. The highest BCUT2D eigenvalue weighted by Crippen LogP contribution is 2.25. The van der Waals surface area contributed by atoms with Crippen molar-refractivity contribution in [3.8, 4) is 6.07 Å². The van der Waals surface area contributed by atoms with E-state index >= 15 is 0 Å². The molecule has 2 aromatic rings. The van der Waals surface area contributed by atoms with Gasteiger partial charge in [0.25, 0.3) is 5.91 Å². The first-order valence-electron chi connectivity index (χ1n) is 10.1. The number of nitrogens with one attached hydrogen (secondary N) is 1. The van der Waals surface area contributed by atoms with Crippen molar-refractivity contribution in [2.24, 2.45) is 0 Å². The van der Waals surface area contributed by atoms with E-state index in [1.54, 1.807) is 38.1 Å². The van der Waals surface area contributed by atoms with Crippen LogP contribution in [-0.4, -0.2) is 60.2 Å². The van der Waals surface area contributed by atoms with Gasteiger partial charge in [-0.15, -0.1) is 11.8 Å². The molecule has 1 atom stereocenters. The van der Waals surface area contributed by atoms with Crippen LogP contribution in [0.5, 0.6) is 0 Å². The maximum Gasteiger partial charge on any atom is 0.255 e. The van der Waals surface area contributed by atoms with Crippen molar-refractivity contribution in [2.45, 2.75) is 24.8 Å². The number of nitriles is 1. The Morgan fingerprint density at radius 3 is 2.31 bits per heavy atom. The van der Waals surface area contributed by atoms with Gasteiger partial charge in [0.1, 0.15) is 6.04 Å². The molecule has 2 amide bonds. The van der Waals surface area contributed by atoms with Gasteiger partial charge in [-0.1, -0.05) is 13.8 Å². The summed E-state index contributed by atoms with van der Waals surface area (Å²) in [4.78, 5) is 27.4. The molecule has 1 fully saturated rings. The monoisotopic (exact) mass is 472 g/mol. The largest absolute Gasteiger partial charge is 0.324 e. The second kappa shape index (κ2) is 10.2. The van der Waals surface area contributed by atoms with Crippen molar-refractivity contribution in [1.82, 2.24) is 9.21 Å². The zero-order valence-corrected chi connectivity index (χ0v) is 19.4. The van der Waals surface area contributed by atoms with E-state index in [1.165, 1.54) is 45.2 Å². The number of rotatable bonds is 7. The van der Waals surface area contributed by atoms with Crippen molar-refractivity contribution in [2.75, 3.05) is 30.0 Å². The normalized spacial score (nSPS) is 16.1. The van der Waals surface area contributed by atoms with Crippen LogP contribution in [0.4, 0.5) is 5.69 Å². The Morgan fingerprint density at radius 2 is 1.75 bits per heavy atom. The van der Waals surface area contributed by atoms with Crippen LogP contribution in [0.25, 0.3) is 0 Å². The number of nitrogens with zero attached hydrogens (tertiary/aromatic N) is 3. The first-order valence-corrected chi connectivity index (χ1v) is 12.7. The van der Waals surface area contributed by atoms with E-state index in [1.807, 2.05) is 6.07 Å². The van der Waals surface area contributed by atoms with Crippen LogP contribution in [0.2, 0.25) is 0 Å². The van der Waals surface area contributed by atoms with Crippen LogP contribution in [0.15, 0.2) is 53.4 Å². The van der Waals surface area contributed by atoms with Crippen molar-refractivity contribution in [3.05, 3.63) is 59.7 Å². The number of carbonyl (C=O) groups is 2. The van der Waals surface area contributed by atoms with E-state index in [0.29, 0.717) is 41.5 Å². The fourth-order valence-corrected chi connectivity index (χ4v) is 5.97. The number of anilines is 1. The van der Waals surface area contributed by atoms with Crippen LogP contribution >= 0.6 is 11.8 Å². The lowest BCUT2D eigenvalue weighted by Gasteiger charge is -2.23. The second-order valence-electron chi connectivity index (χ2n) is 7.08. The first kappa shape index (κ1) is 23.8. The molecule has 10 heteroatoms. The second-order valence-corrected chi connectivity index (χ2v) is 10.0. The topological polar surface area (TPSA) is 111 Å². The fraction of sp³-hybridized carbons (Fsp3) is 0.318. The zero-order valence-electron chi connectivity index (χ0n) is 17.8. The van der Waals surface area contributed by atoms with Gasteiger partial charge in [-0.3, -0.25) is 9.59 Å². The number of thioether (sulfide) groups is 1. The number of sulfonamides is 1. The highest BCUT2D eigenvalue weighted by atomic mass is 32.2. The van der Waals surface area contributed by atoms with Crippen molar-refractivity contribution >= 4 is 39.3 Å². The number of amides is 2. The van der Waals surface area contributed by atoms with Gasteiger partial charge in [0.2, 0.25) is 15.9 Å². The smallest absolute Gasteiger partial charge is 0.255 e. The molecule has 32 heavy (non-hydrogen) atoms. The summed E-state index contributed by atoms with van der Waals surface area (Å²) in [6.07, 6.45) is 0. The summed E-state index contributed by atoms with van der Waals surface area (Å²) in [5, 5.41) is 11.7. The summed E-state index contributed by atoms with van der Waals surface area (Å²) in [6.45, 7) is 4.27. The Bertz CT molecular complexity index is 1120. The number of carbonyl (C=O) groups excluding carboxylic acids is 2. The minimum absolute atomic E-state index is 0.128. The predicted octanol–water partition coefficient (Wildman–Crippen LogP) is 2.74. The van der Waals surface area contributed by atoms with Crippen molar-refractivity contribution in [3.63, 3.8) is 0 Å². The Kier molecular flexibility index (Phi) is 7.56. The van der Waals surface area contributed by atoms with Gasteiger partial charge in [-0.05, 0) is 48.5 Å². The third-order valence-electron chi connectivity index (χ3n) is 5.17. The summed E-state index contributed by atoms with van der Waals surface area (Å²) in [5.74, 6) is 0.182. The van der Waals surface area contributed by atoms with Crippen molar-refractivity contribution in [1.29, 1.82) is 5.26 Å². The lowest BCUT2D eigenvalue weighted by atomic mass is 10.1. The Hall–Kier alpha value is -2.87. The maximum atomic E-state index is 13.0. The highest BCUT2D eigenvalue weighted by Gasteiger charge is 2.35. The molecule has 3 rings (SSSR count). The molecule has 1 N–H and O–H groups in total. The molecule has 0 aromatic heterocycles. The molecule has 0 aliphatic carbocycles. The predicted molar refractivity (Wildman–Crippen MR) is 124 cm³/mol. The summed E-state index contributed by atoms with van der Waals surface area (Å²) in [7, 11) is -3.61. The molecule has 0 spiro atoms. The van der Waals surface area contributed by atoms with Crippen LogP contribution in [-0.2, 0) is 14.8 Å². The molecule has 0 bridgehead atoms. The van der Waals surface area contributed by atoms with Crippen LogP contribution in [0.1, 0.15) is 29.8 Å². The summed E-state index contributed by atoms with van der Waals surface area (Å²) in [5.41, 5.74) is 1.36. The zero-order chi connectivity index (χ0) is 23.3. The maximum absolute atomic E-state index is 13.0. The Morgan fingerprint density at radius 1 is 1.12 bits per heavy atom. The van der Waals surface area contributed by atoms with Gasteiger partial charge >= 0.3 is 0 Å². The SMILES string of the molecule is CCN(CC)S(=O)(=O)c1ccc(C(=O)N2CSCC2C(=O)Nc2ccc(C#N)cc2)cc1. The molecule has 168 valence electrons. The summed E-state index contributed by atoms with van der Waals surface area (Å²) in [6, 6.07) is 13.7. The van der Waals surface area contributed by atoms with E-state index in [4.69, 9.17) is 5.26 Å². The van der Waals surface area contributed by atoms with Gasteiger partial charge in [0.15, 0.2) is 0 Å². The summed E-state index contributed by atoms with van der Waals surface area (Å²) < 4.78 is 26.6.